The Morgan fingerprint density at radius 3 is 2.63 bits per heavy atom. The van der Waals surface area contributed by atoms with Gasteiger partial charge in [0.25, 0.3) is 5.91 Å². The molecule has 1 aromatic carbocycles. The molecule has 0 saturated heterocycles. The van der Waals surface area contributed by atoms with Crippen LogP contribution in [0.25, 0.3) is 0 Å². The summed E-state index contributed by atoms with van der Waals surface area (Å²) < 4.78 is 5.37. The molecule has 0 fully saturated rings. The van der Waals surface area contributed by atoms with Crippen LogP contribution in [0.3, 0.4) is 0 Å². The average Bonchev–Trinajstić information content (AvgIpc) is 2.89. The number of benzene rings is 1. The van der Waals surface area contributed by atoms with Crippen molar-refractivity contribution in [1.29, 1.82) is 0 Å². The molecule has 0 aliphatic rings. The van der Waals surface area contributed by atoms with E-state index in [1.807, 2.05) is 31.2 Å². The molecule has 0 spiro atoms. The predicted molar refractivity (Wildman–Crippen MR) is 73.6 cm³/mol. The molecule has 0 aliphatic heterocycles. The average molecular weight is 258 g/mol. The molecule has 19 heavy (non-hydrogen) atoms. The van der Waals surface area contributed by atoms with Gasteiger partial charge >= 0.3 is 0 Å². The summed E-state index contributed by atoms with van der Waals surface area (Å²) in [5.74, 6) is 0.812. The van der Waals surface area contributed by atoms with E-state index in [4.69, 9.17) is 10.2 Å². The zero-order valence-corrected chi connectivity index (χ0v) is 11.2. The zero-order valence-electron chi connectivity index (χ0n) is 11.2. The van der Waals surface area contributed by atoms with Crippen molar-refractivity contribution in [3.8, 4) is 0 Å². The molecule has 2 rings (SSSR count). The Labute approximate surface area is 112 Å². The highest BCUT2D eigenvalue weighted by atomic mass is 16.4. The summed E-state index contributed by atoms with van der Waals surface area (Å²) in [4.78, 5) is 13.8. The zero-order chi connectivity index (χ0) is 13.8. The smallest absolute Gasteiger partial charge is 0.289 e. The third-order valence-corrected chi connectivity index (χ3v) is 3.09. The molecule has 0 saturated carbocycles. The molecule has 0 bridgehead atoms. The quantitative estimate of drug-likeness (QED) is 0.915. The van der Waals surface area contributed by atoms with E-state index in [2.05, 4.69) is 0 Å². The summed E-state index contributed by atoms with van der Waals surface area (Å²) in [6.07, 6.45) is 0. The summed E-state index contributed by atoms with van der Waals surface area (Å²) in [5, 5.41) is 0. The molecule has 2 aromatic rings. The Morgan fingerprint density at radius 1 is 1.26 bits per heavy atom. The maximum Gasteiger partial charge on any atom is 0.289 e. The van der Waals surface area contributed by atoms with Crippen molar-refractivity contribution in [2.24, 2.45) is 5.73 Å². The van der Waals surface area contributed by atoms with Crippen LogP contribution >= 0.6 is 0 Å². The minimum absolute atomic E-state index is 0.136. The first-order chi connectivity index (χ1) is 9.11. The van der Waals surface area contributed by atoms with E-state index >= 15 is 0 Å². The number of hydrogen-bond donors (Lipinski definition) is 1. The molecule has 1 amide bonds. The summed E-state index contributed by atoms with van der Waals surface area (Å²) >= 11 is 0. The van der Waals surface area contributed by atoms with E-state index < -0.39 is 0 Å². The van der Waals surface area contributed by atoms with Crippen molar-refractivity contribution in [3.63, 3.8) is 0 Å². The fourth-order valence-electron chi connectivity index (χ4n) is 1.91. The lowest BCUT2D eigenvalue weighted by Crippen LogP contribution is -2.26. The van der Waals surface area contributed by atoms with Gasteiger partial charge in [-0.2, -0.15) is 0 Å². The van der Waals surface area contributed by atoms with Crippen LogP contribution in [0.2, 0.25) is 0 Å². The molecule has 1 aromatic heterocycles. The lowest BCUT2D eigenvalue weighted by molar-refractivity contribution is 0.0751. The van der Waals surface area contributed by atoms with E-state index in [1.165, 1.54) is 5.56 Å². The fourth-order valence-corrected chi connectivity index (χ4v) is 1.91. The molecule has 4 heteroatoms. The highest BCUT2D eigenvalue weighted by Gasteiger charge is 2.16. The van der Waals surface area contributed by atoms with Crippen LogP contribution < -0.4 is 5.73 Å². The van der Waals surface area contributed by atoms with Crippen molar-refractivity contribution in [3.05, 3.63) is 59.0 Å². The Balaban J connectivity index is 2.09. The van der Waals surface area contributed by atoms with E-state index in [9.17, 15) is 4.79 Å². The van der Waals surface area contributed by atoms with Crippen molar-refractivity contribution in [1.82, 2.24) is 4.90 Å². The van der Waals surface area contributed by atoms with Gasteiger partial charge in [0.1, 0.15) is 5.76 Å². The van der Waals surface area contributed by atoms with Crippen molar-refractivity contribution in [2.75, 3.05) is 7.05 Å². The van der Waals surface area contributed by atoms with E-state index in [0.717, 1.165) is 5.56 Å². The van der Waals surface area contributed by atoms with Crippen molar-refractivity contribution < 1.29 is 9.21 Å². The number of aryl methyl sites for hydroxylation is 1. The van der Waals surface area contributed by atoms with E-state index in [1.54, 1.807) is 24.1 Å². The third kappa shape index (κ3) is 3.03. The van der Waals surface area contributed by atoms with Gasteiger partial charge in [-0.15, -0.1) is 0 Å². The van der Waals surface area contributed by atoms with Crippen LogP contribution in [0.4, 0.5) is 0 Å². The summed E-state index contributed by atoms with van der Waals surface area (Å²) in [7, 11) is 1.76. The minimum atomic E-state index is -0.136. The maximum absolute atomic E-state index is 12.2. The molecule has 0 radical (unpaired) electrons. The third-order valence-electron chi connectivity index (χ3n) is 3.09. The summed E-state index contributed by atoms with van der Waals surface area (Å²) in [6, 6.07) is 11.4. The molecule has 4 nitrogen and oxygen atoms in total. The number of rotatable bonds is 4. The van der Waals surface area contributed by atoms with Crippen LogP contribution in [0.1, 0.15) is 27.4 Å². The van der Waals surface area contributed by atoms with E-state index in [-0.39, 0.29) is 5.91 Å². The largest absolute Gasteiger partial charge is 0.455 e. The van der Waals surface area contributed by atoms with Crippen LogP contribution in [-0.2, 0) is 13.1 Å². The number of nitrogens with two attached hydrogens (primary N) is 1. The van der Waals surface area contributed by atoms with Crippen molar-refractivity contribution >= 4 is 5.91 Å². The van der Waals surface area contributed by atoms with Crippen LogP contribution in [0.5, 0.6) is 0 Å². The number of hydrogen-bond acceptors (Lipinski definition) is 3. The summed E-state index contributed by atoms with van der Waals surface area (Å²) in [5.41, 5.74) is 7.76. The number of carbonyl (C=O) groups excluding carboxylic acids is 1. The predicted octanol–water partition coefficient (Wildman–Crippen LogP) is 2.32. The summed E-state index contributed by atoms with van der Waals surface area (Å²) in [6.45, 7) is 2.89. The molecular weight excluding hydrogens is 240 g/mol. The van der Waals surface area contributed by atoms with Gasteiger partial charge in [-0.3, -0.25) is 4.79 Å². The SMILES string of the molecule is Cc1ccccc1CN(C)C(=O)c1ccc(CN)o1. The van der Waals surface area contributed by atoms with Gasteiger partial charge in [0.05, 0.1) is 6.54 Å². The number of nitrogens with zero attached hydrogens (tertiary/aromatic N) is 1. The normalized spacial score (nSPS) is 10.5. The van der Waals surface area contributed by atoms with Crippen LogP contribution in [-0.4, -0.2) is 17.9 Å². The van der Waals surface area contributed by atoms with Gasteiger partial charge < -0.3 is 15.1 Å². The van der Waals surface area contributed by atoms with Gasteiger partial charge in [0.2, 0.25) is 0 Å². The maximum atomic E-state index is 12.2. The topological polar surface area (TPSA) is 59.5 Å². The Morgan fingerprint density at radius 2 is 2.00 bits per heavy atom. The van der Waals surface area contributed by atoms with Gasteiger partial charge in [-0.1, -0.05) is 24.3 Å². The molecule has 0 aliphatic carbocycles. The molecular formula is C15H18N2O2. The molecule has 1 heterocycles. The van der Waals surface area contributed by atoms with Crippen molar-refractivity contribution in [2.45, 2.75) is 20.0 Å². The van der Waals surface area contributed by atoms with Gasteiger partial charge in [-0.05, 0) is 30.2 Å². The second-order valence-electron chi connectivity index (χ2n) is 4.56. The van der Waals surface area contributed by atoms with Gasteiger partial charge in [-0.25, -0.2) is 0 Å². The lowest BCUT2D eigenvalue weighted by atomic mass is 10.1. The number of amides is 1. The van der Waals surface area contributed by atoms with Crippen LogP contribution in [0, 0.1) is 6.92 Å². The Kier molecular flexibility index (Phi) is 4.02. The molecule has 0 atom stereocenters. The minimum Gasteiger partial charge on any atom is -0.455 e. The molecule has 100 valence electrons. The fraction of sp³-hybridized carbons (Fsp3) is 0.267. The first-order valence-corrected chi connectivity index (χ1v) is 6.20. The Bertz CT molecular complexity index is 575. The second-order valence-corrected chi connectivity index (χ2v) is 4.56. The highest BCUT2D eigenvalue weighted by molar-refractivity contribution is 5.91. The number of furan rings is 1. The first kappa shape index (κ1) is 13.4. The van der Waals surface area contributed by atoms with Gasteiger partial charge in [0, 0.05) is 13.6 Å². The standard InChI is InChI=1S/C15H18N2O2/c1-11-5-3-4-6-12(11)10-17(2)15(18)14-8-7-13(9-16)19-14/h3-8H,9-10,16H2,1-2H3. The number of carbonyl (C=O) groups is 1. The monoisotopic (exact) mass is 258 g/mol. The van der Waals surface area contributed by atoms with Crippen LogP contribution in [0.15, 0.2) is 40.8 Å². The van der Waals surface area contributed by atoms with Gasteiger partial charge in [0.15, 0.2) is 5.76 Å². The highest BCUT2D eigenvalue weighted by Crippen LogP contribution is 2.14. The Hall–Kier alpha value is -2.07. The molecule has 2 N–H and O–H groups in total. The first-order valence-electron chi connectivity index (χ1n) is 6.20. The lowest BCUT2D eigenvalue weighted by Gasteiger charge is -2.17. The van der Waals surface area contributed by atoms with E-state index in [0.29, 0.717) is 24.6 Å². The molecule has 0 unspecified atom stereocenters. The second kappa shape index (κ2) is 5.71.